The zero-order chi connectivity index (χ0) is 26.8. The fraction of sp³-hybridized carbons (Fsp3) is 0.0357. The van der Waals surface area contributed by atoms with Gasteiger partial charge in [0.2, 0.25) is 0 Å². The first-order valence-electron chi connectivity index (χ1n) is 11.4. The second-order valence-corrected chi connectivity index (χ2v) is 8.35. The van der Waals surface area contributed by atoms with Gasteiger partial charge in [-0.3, -0.25) is 25.0 Å². The van der Waals surface area contributed by atoms with Gasteiger partial charge in [0.05, 0.1) is 10.6 Å². The number of nitro benzene ring substituents is 1. The lowest BCUT2D eigenvalue weighted by atomic mass is 9.99. The molecule has 0 atom stereocenters. The predicted octanol–water partition coefficient (Wildman–Crippen LogP) is 5.13. The van der Waals surface area contributed by atoms with Crippen LogP contribution in [0.15, 0.2) is 90.5 Å². The van der Waals surface area contributed by atoms with Gasteiger partial charge in [0.25, 0.3) is 17.5 Å². The molecular weight excluding hydrogens is 493 g/mol. The average Bonchev–Trinajstić information content (AvgIpc) is 2.90. The Morgan fingerprint density at radius 3 is 2.53 bits per heavy atom. The molecule has 9 nitrogen and oxygen atoms in total. The van der Waals surface area contributed by atoms with E-state index in [9.17, 15) is 28.9 Å². The fourth-order valence-corrected chi connectivity index (χ4v) is 4.12. The summed E-state index contributed by atoms with van der Waals surface area (Å²) in [5.74, 6) is -1.98. The first-order chi connectivity index (χ1) is 18.3. The summed E-state index contributed by atoms with van der Waals surface area (Å²) < 4.78 is 19.6. The minimum Gasteiger partial charge on any atom is -0.488 e. The number of benzene rings is 4. The van der Waals surface area contributed by atoms with E-state index < -0.39 is 28.6 Å². The minimum absolute atomic E-state index is 0.0186. The van der Waals surface area contributed by atoms with Crippen molar-refractivity contribution in [1.29, 1.82) is 0 Å². The summed E-state index contributed by atoms with van der Waals surface area (Å²) >= 11 is 0. The van der Waals surface area contributed by atoms with E-state index in [4.69, 9.17) is 4.74 Å². The van der Waals surface area contributed by atoms with Crippen LogP contribution in [0.25, 0.3) is 16.8 Å². The summed E-state index contributed by atoms with van der Waals surface area (Å²) in [6.45, 7) is 0.0186. The Labute approximate surface area is 214 Å². The van der Waals surface area contributed by atoms with Gasteiger partial charge < -0.3 is 4.74 Å². The molecule has 4 aromatic carbocycles. The zero-order valence-electron chi connectivity index (χ0n) is 19.6. The lowest BCUT2D eigenvalue weighted by Gasteiger charge is -2.26. The van der Waals surface area contributed by atoms with Crippen molar-refractivity contribution in [2.24, 2.45) is 0 Å². The second-order valence-electron chi connectivity index (χ2n) is 8.35. The van der Waals surface area contributed by atoms with Crippen LogP contribution in [0.5, 0.6) is 5.75 Å². The van der Waals surface area contributed by atoms with Crippen LogP contribution in [0.3, 0.4) is 0 Å². The molecule has 0 bridgehead atoms. The van der Waals surface area contributed by atoms with Gasteiger partial charge in [-0.05, 0) is 46.7 Å². The Bertz CT molecular complexity index is 1670. The van der Waals surface area contributed by atoms with Gasteiger partial charge >= 0.3 is 6.03 Å². The number of nitro groups is 1. The highest BCUT2D eigenvalue weighted by Crippen LogP contribution is 2.33. The topological polar surface area (TPSA) is 119 Å². The van der Waals surface area contributed by atoms with E-state index in [1.165, 1.54) is 36.4 Å². The van der Waals surface area contributed by atoms with Gasteiger partial charge in [0.15, 0.2) is 0 Å². The summed E-state index contributed by atoms with van der Waals surface area (Å²) in [6, 6.07) is 20.5. The van der Waals surface area contributed by atoms with Crippen LogP contribution in [0.1, 0.15) is 11.1 Å². The normalized spacial score (nSPS) is 14.6. The number of anilines is 1. The van der Waals surface area contributed by atoms with Crippen LogP contribution in [0.4, 0.5) is 20.6 Å². The average molecular weight is 511 g/mol. The maximum Gasteiger partial charge on any atom is 0.335 e. The van der Waals surface area contributed by atoms with E-state index in [0.29, 0.717) is 27.2 Å². The van der Waals surface area contributed by atoms with E-state index >= 15 is 0 Å². The molecule has 1 aliphatic rings. The largest absolute Gasteiger partial charge is 0.488 e. The van der Waals surface area contributed by atoms with E-state index in [0.717, 1.165) is 11.5 Å². The predicted molar refractivity (Wildman–Crippen MR) is 137 cm³/mol. The van der Waals surface area contributed by atoms with Crippen molar-refractivity contribution in [2.45, 2.75) is 6.61 Å². The number of ether oxygens (including phenoxy) is 1. The molecule has 0 aromatic heterocycles. The zero-order valence-corrected chi connectivity index (χ0v) is 19.6. The molecular formula is C28H18FN3O6. The van der Waals surface area contributed by atoms with Gasteiger partial charge in [-0.15, -0.1) is 0 Å². The molecule has 4 amide bonds. The number of fused-ring (bicyclic) bond motifs is 1. The highest BCUT2D eigenvalue weighted by molar-refractivity contribution is 6.39. The molecule has 0 spiro atoms. The lowest BCUT2D eigenvalue weighted by Crippen LogP contribution is -2.54. The third-order valence-electron chi connectivity index (χ3n) is 5.90. The molecule has 1 N–H and O–H groups in total. The fourth-order valence-electron chi connectivity index (χ4n) is 4.12. The number of amides is 4. The number of halogens is 1. The van der Waals surface area contributed by atoms with Gasteiger partial charge in [-0.25, -0.2) is 14.1 Å². The number of carbonyl (C=O) groups excluding carboxylic acids is 3. The molecule has 1 saturated heterocycles. The quantitative estimate of drug-likeness (QED) is 0.166. The molecule has 1 heterocycles. The van der Waals surface area contributed by atoms with Crippen molar-refractivity contribution in [3.05, 3.63) is 118 Å². The van der Waals surface area contributed by atoms with Gasteiger partial charge in [0.1, 0.15) is 23.7 Å². The van der Waals surface area contributed by atoms with Crippen molar-refractivity contribution in [3.8, 4) is 5.75 Å². The number of non-ortho nitro benzene ring substituents is 1. The number of barbiturate groups is 1. The molecule has 188 valence electrons. The van der Waals surface area contributed by atoms with Crippen molar-refractivity contribution < 1.29 is 28.4 Å². The Hall–Kier alpha value is -5.38. The number of nitrogens with one attached hydrogen (secondary N) is 1. The highest BCUT2D eigenvalue weighted by Gasteiger charge is 2.37. The maximum atomic E-state index is 13.6. The smallest absolute Gasteiger partial charge is 0.335 e. The van der Waals surface area contributed by atoms with Crippen LogP contribution in [0, 0.1) is 15.9 Å². The summed E-state index contributed by atoms with van der Waals surface area (Å²) in [5, 5.41) is 14.8. The van der Waals surface area contributed by atoms with Crippen LogP contribution >= 0.6 is 0 Å². The Morgan fingerprint density at radius 1 is 0.947 bits per heavy atom. The number of hydrogen-bond acceptors (Lipinski definition) is 6. The molecule has 0 saturated carbocycles. The van der Waals surface area contributed by atoms with Gasteiger partial charge in [-0.2, -0.15) is 0 Å². The summed E-state index contributed by atoms with van der Waals surface area (Å²) in [4.78, 5) is 50.0. The summed E-state index contributed by atoms with van der Waals surface area (Å²) in [6.07, 6.45) is 1.32. The summed E-state index contributed by atoms with van der Waals surface area (Å²) in [5.41, 5.74) is 0.202. The molecule has 1 aliphatic heterocycles. The first kappa shape index (κ1) is 24.3. The van der Waals surface area contributed by atoms with E-state index in [1.54, 1.807) is 36.4 Å². The first-order valence-corrected chi connectivity index (χ1v) is 11.4. The second kappa shape index (κ2) is 9.94. The number of rotatable bonds is 6. The van der Waals surface area contributed by atoms with Crippen molar-refractivity contribution in [2.75, 3.05) is 4.90 Å². The third kappa shape index (κ3) is 4.70. The van der Waals surface area contributed by atoms with Crippen LogP contribution in [-0.4, -0.2) is 22.8 Å². The van der Waals surface area contributed by atoms with Gasteiger partial charge in [-0.1, -0.05) is 48.5 Å². The van der Waals surface area contributed by atoms with Crippen LogP contribution < -0.4 is 15.0 Å². The summed E-state index contributed by atoms with van der Waals surface area (Å²) in [7, 11) is 0. The van der Waals surface area contributed by atoms with E-state index in [-0.39, 0.29) is 23.6 Å². The third-order valence-corrected chi connectivity index (χ3v) is 5.90. The van der Waals surface area contributed by atoms with E-state index in [2.05, 4.69) is 5.32 Å². The molecule has 1 fully saturated rings. The molecule has 0 aliphatic carbocycles. The number of carbonyl (C=O) groups is 3. The van der Waals surface area contributed by atoms with Gasteiger partial charge in [0, 0.05) is 17.7 Å². The van der Waals surface area contributed by atoms with Crippen LogP contribution in [0.2, 0.25) is 0 Å². The lowest BCUT2D eigenvalue weighted by molar-refractivity contribution is -0.384. The maximum absolute atomic E-state index is 13.6. The molecule has 38 heavy (non-hydrogen) atoms. The number of urea groups is 1. The number of imide groups is 2. The molecule has 5 rings (SSSR count). The molecule has 10 heteroatoms. The molecule has 0 unspecified atom stereocenters. The van der Waals surface area contributed by atoms with Crippen LogP contribution in [-0.2, 0) is 16.2 Å². The number of hydrogen-bond donors (Lipinski definition) is 1. The Balaban J connectivity index is 1.58. The minimum atomic E-state index is -1.03. The number of nitrogens with zero attached hydrogens (tertiary/aromatic N) is 2. The van der Waals surface area contributed by atoms with Crippen molar-refractivity contribution >= 4 is 46.1 Å². The van der Waals surface area contributed by atoms with Crippen molar-refractivity contribution in [3.63, 3.8) is 0 Å². The SMILES string of the molecule is O=C1NC(=O)N(c2cccc([N+](=O)[O-])c2)C(=O)/C1=C/c1c(OCc2cccc(F)c2)ccc2ccccc12. The van der Waals surface area contributed by atoms with E-state index in [1.807, 2.05) is 12.1 Å². The molecule has 0 radical (unpaired) electrons. The standard InChI is InChI=1S/C28H18FN3O6/c29-19-7-3-5-17(13-19)16-38-25-12-11-18-6-1-2-10-22(18)23(25)15-24-26(33)30-28(35)31(27(24)34)20-8-4-9-21(14-20)32(36)37/h1-15H,16H2,(H,30,33,35)/b24-15+. The Morgan fingerprint density at radius 2 is 1.74 bits per heavy atom. The highest BCUT2D eigenvalue weighted by atomic mass is 19.1. The Kier molecular flexibility index (Phi) is 6.36. The molecule has 4 aromatic rings. The van der Waals surface area contributed by atoms with Crippen molar-refractivity contribution in [1.82, 2.24) is 5.32 Å². The monoisotopic (exact) mass is 511 g/mol.